The molecule has 0 N–H and O–H groups in total. The van der Waals surface area contributed by atoms with Crippen molar-refractivity contribution in [1.29, 1.82) is 0 Å². The van der Waals surface area contributed by atoms with Crippen LogP contribution in [0.25, 0.3) is 10.9 Å². The molecule has 2 aromatic rings. The molecule has 1 heterocycles. The monoisotopic (exact) mass is 241 g/mol. The number of benzene rings is 1. The summed E-state index contributed by atoms with van der Waals surface area (Å²) in [4.78, 5) is 11.7. The third-order valence-corrected chi connectivity index (χ3v) is 2.81. The first kappa shape index (κ1) is 11.7. The second-order valence-corrected chi connectivity index (χ2v) is 3.91. The van der Waals surface area contributed by atoms with Crippen molar-refractivity contribution < 1.29 is 13.2 Å². The molecule has 0 aliphatic rings. The zero-order valence-corrected chi connectivity index (χ0v) is 9.30. The number of aryl methyl sites for hydroxylation is 2. The number of nitrogens with zero attached hydrogens (tertiary/aromatic N) is 1. The second-order valence-electron chi connectivity index (χ2n) is 3.91. The van der Waals surface area contributed by atoms with Gasteiger partial charge in [-0.1, -0.05) is 6.07 Å². The molecule has 0 fully saturated rings. The Morgan fingerprint density at radius 1 is 1.24 bits per heavy atom. The van der Waals surface area contributed by atoms with Gasteiger partial charge in [-0.05, 0) is 19.1 Å². The number of alkyl halides is 3. The van der Waals surface area contributed by atoms with E-state index in [1.54, 1.807) is 6.92 Å². The van der Waals surface area contributed by atoms with Crippen LogP contribution in [0.5, 0.6) is 0 Å². The molecule has 0 amide bonds. The standard InChI is InChI=1S/C12H10F3NO/c1-7-6-10(17)8-4-3-5-9(12(13,14)15)11(8)16(7)2/h3-6H,1-2H3. The van der Waals surface area contributed by atoms with Crippen molar-refractivity contribution in [3.63, 3.8) is 0 Å². The number of aromatic nitrogens is 1. The first-order valence-electron chi connectivity index (χ1n) is 4.99. The lowest BCUT2D eigenvalue weighted by Gasteiger charge is -2.15. The molecule has 90 valence electrons. The lowest BCUT2D eigenvalue weighted by atomic mass is 10.1. The van der Waals surface area contributed by atoms with Crippen LogP contribution in [0.4, 0.5) is 13.2 Å². The van der Waals surface area contributed by atoms with Gasteiger partial charge in [0.15, 0.2) is 5.43 Å². The van der Waals surface area contributed by atoms with E-state index in [-0.39, 0.29) is 16.3 Å². The van der Waals surface area contributed by atoms with Crippen molar-refractivity contribution in [3.8, 4) is 0 Å². The molecule has 2 nitrogen and oxygen atoms in total. The van der Waals surface area contributed by atoms with Crippen LogP contribution in [0, 0.1) is 6.92 Å². The third-order valence-electron chi connectivity index (χ3n) is 2.81. The predicted molar refractivity (Wildman–Crippen MR) is 58.9 cm³/mol. The molecule has 0 saturated carbocycles. The normalized spacial score (nSPS) is 12.1. The van der Waals surface area contributed by atoms with E-state index in [9.17, 15) is 18.0 Å². The lowest BCUT2D eigenvalue weighted by Crippen LogP contribution is -2.15. The van der Waals surface area contributed by atoms with Crippen LogP contribution in [-0.4, -0.2) is 4.57 Å². The van der Waals surface area contributed by atoms with Crippen molar-refractivity contribution >= 4 is 10.9 Å². The Kier molecular flexibility index (Phi) is 2.49. The largest absolute Gasteiger partial charge is 0.418 e. The SMILES string of the molecule is Cc1cc(=O)c2cccc(C(F)(F)F)c2n1C. The summed E-state index contributed by atoms with van der Waals surface area (Å²) in [7, 11) is 1.52. The molecule has 5 heteroatoms. The summed E-state index contributed by atoms with van der Waals surface area (Å²) >= 11 is 0. The molecule has 0 aliphatic heterocycles. The van der Waals surface area contributed by atoms with E-state index in [4.69, 9.17) is 0 Å². The third kappa shape index (κ3) is 1.81. The first-order chi connectivity index (χ1) is 7.82. The number of para-hydroxylation sites is 1. The molecule has 17 heavy (non-hydrogen) atoms. The highest BCUT2D eigenvalue weighted by molar-refractivity contribution is 5.83. The molecule has 1 aromatic heterocycles. The van der Waals surface area contributed by atoms with Crippen LogP contribution < -0.4 is 5.43 Å². The van der Waals surface area contributed by atoms with Gasteiger partial charge in [0.2, 0.25) is 0 Å². The molecule has 0 radical (unpaired) electrons. The Balaban J connectivity index is 3.03. The summed E-state index contributed by atoms with van der Waals surface area (Å²) in [5, 5.41) is 0.0907. The van der Waals surface area contributed by atoms with Crippen molar-refractivity contribution in [2.24, 2.45) is 7.05 Å². The number of rotatable bonds is 0. The van der Waals surface area contributed by atoms with Crippen LogP contribution in [0.2, 0.25) is 0 Å². The maximum Gasteiger partial charge on any atom is 0.418 e. The second kappa shape index (κ2) is 3.61. The highest BCUT2D eigenvalue weighted by Gasteiger charge is 2.33. The van der Waals surface area contributed by atoms with Gasteiger partial charge in [-0.25, -0.2) is 0 Å². The van der Waals surface area contributed by atoms with Crippen LogP contribution in [-0.2, 0) is 13.2 Å². The minimum absolute atomic E-state index is 0.0648. The summed E-state index contributed by atoms with van der Waals surface area (Å²) in [5.41, 5.74) is -0.732. The Labute approximate surface area is 95.3 Å². The molecular weight excluding hydrogens is 231 g/mol. The fourth-order valence-corrected chi connectivity index (χ4v) is 1.87. The van der Waals surface area contributed by atoms with Gasteiger partial charge < -0.3 is 4.57 Å². The Morgan fingerprint density at radius 2 is 1.88 bits per heavy atom. The highest BCUT2D eigenvalue weighted by atomic mass is 19.4. The van der Waals surface area contributed by atoms with Crippen LogP contribution >= 0.6 is 0 Å². The summed E-state index contributed by atoms with van der Waals surface area (Å²) in [6, 6.07) is 4.98. The Bertz CT molecular complexity index is 640. The van der Waals surface area contributed by atoms with Gasteiger partial charge in [0.25, 0.3) is 0 Å². The Morgan fingerprint density at radius 3 is 2.47 bits per heavy atom. The van der Waals surface area contributed by atoms with E-state index in [1.165, 1.54) is 29.8 Å². The van der Waals surface area contributed by atoms with Gasteiger partial charge in [0, 0.05) is 24.2 Å². The maximum absolute atomic E-state index is 12.8. The zero-order chi connectivity index (χ0) is 12.8. The van der Waals surface area contributed by atoms with E-state index in [0.29, 0.717) is 5.69 Å². The van der Waals surface area contributed by atoms with Crippen LogP contribution in [0.1, 0.15) is 11.3 Å². The molecule has 0 saturated heterocycles. The van der Waals surface area contributed by atoms with E-state index in [1.807, 2.05) is 0 Å². The van der Waals surface area contributed by atoms with Gasteiger partial charge in [0.1, 0.15) is 0 Å². The summed E-state index contributed by atoms with van der Waals surface area (Å²) in [6.07, 6.45) is -4.46. The van der Waals surface area contributed by atoms with E-state index in [2.05, 4.69) is 0 Å². The summed E-state index contributed by atoms with van der Waals surface area (Å²) < 4.78 is 39.9. The average Bonchev–Trinajstić information content (AvgIpc) is 2.24. The quantitative estimate of drug-likeness (QED) is 0.695. The average molecular weight is 241 g/mol. The maximum atomic E-state index is 12.8. The fourth-order valence-electron chi connectivity index (χ4n) is 1.87. The van der Waals surface area contributed by atoms with Gasteiger partial charge in [-0.3, -0.25) is 4.79 Å². The van der Waals surface area contributed by atoms with Gasteiger partial charge in [-0.15, -0.1) is 0 Å². The summed E-state index contributed by atoms with van der Waals surface area (Å²) in [6.45, 7) is 1.61. The van der Waals surface area contributed by atoms with Crippen molar-refractivity contribution in [2.75, 3.05) is 0 Å². The molecule has 2 rings (SSSR count). The minimum Gasteiger partial charge on any atom is -0.347 e. The minimum atomic E-state index is -4.46. The number of hydrogen-bond donors (Lipinski definition) is 0. The van der Waals surface area contributed by atoms with Crippen molar-refractivity contribution in [3.05, 3.63) is 45.7 Å². The van der Waals surface area contributed by atoms with Gasteiger partial charge in [-0.2, -0.15) is 13.2 Å². The molecule has 0 spiro atoms. The van der Waals surface area contributed by atoms with Crippen molar-refractivity contribution in [1.82, 2.24) is 4.57 Å². The van der Waals surface area contributed by atoms with Gasteiger partial charge >= 0.3 is 6.18 Å². The van der Waals surface area contributed by atoms with E-state index in [0.717, 1.165) is 6.07 Å². The molecule has 0 atom stereocenters. The molecule has 0 bridgehead atoms. The number of fused-ring (bicyclic) bond motifs is 1. The molecular formula is C12H10F3NO. The summed E-state index contributed by atoms with van der Waals surface area (Å²) in [5.74, 6) is 0. The number of pyridine rings is 1. The fraction of sp³-hybridized carbons (Fsp3) is 0.250. The number of halogens is 3. The van der Waals surface area contributed by atoms with Crippen molar-refractivity contribution in [2.45, 2.75) is 13.1 Å². The van der Waals surface area contributed by atoms with Crippen LogP contribution in [0.15, 0.2) is 29.1 Å². The predicted octanol–water partition coefficient (Wildman–Crippen LogP) is 2.87. The molecule has 0 aliphatic carbocycles. The molecule has 0 unspecified atom stereocenters. The van der Waals surface area contributed by atoms with E-state index >= 15 is 0 Å². The number of hydrogen-bond acceptors (Lipinski definition) is 1. The smallest absolute Gasteiger partial charge is 0.347 e. The Hall–Kier alpha value is -1.78. The van der Waals surface area contributed by atoms with Crippen LogP contribution in [0.3, 0.4) is 0 Å². The molecule has 1 aromatic carbocycles. The van der Waals surface area contributed by atoms with Gasteiger partial charge in [0.05, 0.1) is 11.1 Å². The first-order valence-corrected chi connectivity index (χ1v) is 4.99. The lowest BCUT2D eigenvalue weighted by molar-refractivity contribution is -0.136. The zero-order valence-electron chi connectivity index (χ0n) is 9.30. The van der Waals surface area contributed by atoms with E-state index < -0.39 is 11.7 Å². The highest BCUT2D eigenvalue weighted by Crippen LogP contribution is 2.33. The topological polar surface area (TPSA) is 22.0 Å².